The fraction of sp³-hybridized carbons (Fsp3) is 0.364. The number of sulfonamides is 1. The van der Waals surface area contributed by atoms with Gasteiger partial charge in [0, 0.05) is 37.2 Å². The van der Waals surface area contributed by atoms with Gasteiger partial charge >= 0.3 is 0 Å². The van der Waals surface area contributed by atoms with Gasteiger partial charge in [0.15, 0.2) is 5.78 Å². The molecule has 0 unspecified atom stereocenters. The third kappa shape index (κ3) is 5.06. The maximum absolute atomic E-state index is 12.9. The summed E-state index contributed by atoms with van der Waals surface area (Å²) < 4.78 is 32.6. The lowest BCUT2D eigenvalue weighted by atomic mass is 9.89. The number of nitrogens with zero attached hydrogens (tertiary/aromatic N) is 1. The van der Waals surface area contributed by atoms with Gasteiger partial charge in [-0.15, -0.1) is 0 Å². The molecule has 0 aliphatic carbocycles. The van der Waals surface area contributed by atoms with Gasteiger partial charge in [0.05, 0.1) is 11.5 Å². The van der Waals surface area contributed by atoms with E-state index in [2.05, 4.69) is 5.32 Å². The second-order valence-corrected chi connectivity index (χ2v) is 9.14. The van der Waals surface area contributed by atoms with Crippen LogP contribution in [0.25, 0.3) is 0 Å². The van der Waals surface area contributed by atoms with Crippen molar-refractivity contribution in [3.8, 4) is 5.75 Å². The summed E-state index contributed by atoms with van der Waals surface area (Å²) in [5.41, 5.74) is 1.16. The van der Waals surface area contributed by atoms with Crippen LogP contribution in [0.3, 0.4) is 0 Å². The lowest BCUT2D eigenvalue weighted by Gasteiger charge is -2.30. The summed E-state index contributed by atoms with van der Waals surface area (Å²) >= 11 is 0. The number of hydrogen-bond acceptors (Lipinski definition) is 5. The van der Waals surface area contributed by atoms with Crippen LogP contribution in [-0.4, -0.2) is 44.1 Å². The molecule has 3 rings (SSSR count). The molecule has 1 amide bonds. The lowest BCUT2D eigenvalue weighted by Crippen LogP contribution is -2.40. The Morgan fingerprint density at radius 3 is 2.17 bits per heavy atom. The molecule has 2 aromatic rings. The Labute approximate surface area is 177 Å². The van der Waals surface area contributed by atoms with E-state index in [1.54, 1.807) is 36.4 Å². The molecule has 0 spiro atoms. The van der Waals surface area contributed by atoms with Crippen molar-refractivity contribution in [3.05, 3.63) is 54.1 Å². The number of hydrogen-bond donors (Lipinski definition) is 1. The van der Waals surface area contributed by atoms with Gasteiger partial charge in [-0.2, -0.15) is 4.31 Å². The monoisotopic (exact) mass is 430 g/mol. The number of anilines is 1. The molecule has 1 fully saturated rings. The summed E-state index contributed by atoms with van der Waals surface area (Å²) in [6.07, 6.45) is 0.963. The number of piperidine rings is 1. The molecular weight excluding hydrogens is 404 g/mol. The molecule has 8 heteroatoms. The Hall–Kier alpha value is -2.71. The highest BCUT2D eigenvalue weighted by Gasteiger charge is 2.32. The Bertz CT molecular complexity index is 993. The average Bonchev–Trinajstić information content (AvgIpc) is 2.74. The van der Waals surface area contributed by atoms with E-state index >= 15 is 0 Å². The van der Waals surface area contributed by atoms with Crippen molar-refractivity contribution in [2.45, 2.75) is 31.6 Å². The molecular formula is C22H26N2O5S. The molecule has 1 heterocycles. The van der Waals surface area contributed by atoms with E-state index < -0.39 is 10.0 Å². The van der Waals surface area contributed by atoms with Crippen molar-refractivity contribution in [1.29, 1.82) is 0 Å². The number of ether oxygens (including phenoxy) is 1. The third-order valence-corrected chi connectivity index (χ3v) is 7.00. The van der Waals surface area contributed by atoms with Crippen molar-refractivity contribution in [2.75, 3.05) is 25.0 Å². The normalized spacial score (nSPS) is 15.5. The Morgan fingerprint density at radius 2 is 1.63 bits per heavy atom. The highest BCUT2D eigenvalue weighted by atomic mass is 32.2. The molecule has 0 aromatic heterocycles. The molecule has 0 bridgehead atoms. The number of rotatable bonds is 7. The Balaban J connectivity index is 1.62. The van der Waals surface area contributed by atoms with Crippen LogP contribution in [0.5, 0.6) is 5.75 Å². The van der Waals surface area contributed by atoms with E-state index in [4.69, 9.17) is 4.74 Å². The summed E-state index contributed by atoms with van der Waals surface area (Å²) in [5, 5.41) is 2.61. The van der Waals surface area contributed by atoms with Gasteiger partial charge in [-0.05, 0) is 68.3 Å². The molecule has 1 aliphatic heterocycles. The number of amides is 1. The zero-order chi connectivity index (χ0) is 21.7. The van der Waals surface area contributed by atoms with Crippen molar-refractivity contribution < 1.29 is 22.7 Å². The van der Waals surface area contributed by atoms with E-state index in [-0.39, 0.29) is 22.5 Å². The van der Waals surface area contributed by atoms with Crippen LogP contribution in [0.1, 0.15) is 37.0 Å². The van der Waals surface area contributed by atoms with Gasteiger partial charge in [0.2, 0.25) is 15.9 Å². The SMILES string of the molecule is CCOc1ccc(C(=O)C2CCN(S(=O)(=O)c3ccc(NC(C)=O)cc3)CC2)cc1. The Morgan fingerprint density at radius 1 is 1.03 bits per heavy atom. The molecule has 7 nitrogen and oxygen atoms in total. The fourth-order valence-corrected chi connectivity index (χ4v) is 5.01. The first-order valence-corrected chi connectivity index (χ1v) is 11.4. The summed E-state index contributed by atoms with van der Waals surface area (Å²) in [4.78, 5) is 24.1. The highest BCUT2D eigenvalue weighted by Crippen LogP contribution is 2.27. The van der Waals surface area contributed by atoms with Crippen LogP contribution in [0, 0.1) is 5.92 Å². The zero-order valence-electron chi connectivity index (χ0n) is 17.1. The van der Waals surface area contributed by atoms with Crippen LogP contribution in [0.4, 0.5) is 5.69 Å². The molecule has 1 N–H and O–H groups in total. The number of nitrogens with one attached hydrogen (secondary N) is 1. The standard InChI is InChI=1S/C22H26N2O5S/c1-3-29-20-8-4-17(5-9-20)22(26)18-12-14-24(15-13-18)30(27,28)21-10-6-19(7-11-21)23-16(2)25/h4-11,18H,3,12-15H2,1-2H3,(H,23,25). The number of carbonyl (C=O) groups is 2. The number of benzene rings is 2. The molecule has 0 radical (unpaired) electrons. The molecule has 0 saturated carbocycles. The minimum atomic E-state index is -3.64. The van der Waals surface area contributed by atoms with Gasteiger partial charge in [-0.3, -0.25) is 9.59 Å². The Kier molecular flexibility index (Phi) is 6.89. The maximum atomic E-state index is 12.9. The first-order chi connectivity index (χ1) is 14.3. The lowest BCUT2D eigenvalue weighted by molar-refractivity contribution is -0.114. The van der Waals surface area contributed by atoms with E-state index in [0.29, 0.717) is 43.8 Å². The largest absolute Gasteiger partial charge is 0.494 e. The van der Waals surface area contributed by atoms with Crippen molar-refractivity contribution in [2.24, 2.45) is 5.92 Å². The summed E-state index contributed by atoms with van der Waals surface area (Å²) in [6, 6.07) is 13.2. The van der Waals surface area contributed by atoms with Gasteiger partial charge in [0.25, 0.3) is 0 Å². The average molecular weight is 431 g/mol. The summed E-state index contributed by atoms with van der Waals surface area (Å²) in [6.45, 7) is 4.45. The van der Waals surface area contributed by atoms with E-state index in [1.165, 1.54) is 23.4 Å². The number of Topliss-reactive ketones (excluding diaryl/α,β-unsaturated/α-hetero) is 1. The smallest absolute Gasteiger partial charge is 0.243 e. The predicted molar refractivity (Wildman–Crippen MR) is 114 cm³/mol. The first-order valence-electron chi connectivity index (χ1n) is 9.96. The molecule has 160 valence electrons. The van der Waals surface area contributed by atoms with Crippen LogP contribution < -0.4 is 10.1 Å². The fourth-order valence-electron chi connectivity index (χ4n) is 3.54. The molecule has 0 atom stereocenters. The number of carbonyl (C=O) groups excluding carboxylic acids is 2. The van der Waals surface area contributed by atoms with Gasteiger partial charge < -0.3 is 10.1 Å². The van der Waals surface area contributed by atoms with Gasteiger partial charge in [-0.1, -0.05) is 0 Å². The molecule has 2 aromatic carbocycles. The van der Waals surface area contributed by atoms with Crippen LogP contribution in [-0.2, 0) is 14.8 Å². The minimum Gasteiger partial charge on any atom is -0.494 e. The third-order valence-electron chi connectivity index (χ3n) is 5.09. The van der Waals surface area contributed by atoms with Gasteiger partial charge in [0.1, 0.15) is 5.75 Å². The van der Waals surface area contributed by atoms with Crippen molar-refractivity contribution >= 4 is 27.4 Å². The second kappa shape index (κ2) is 9.40. The van der Waals surface area contributed by atoms with E-state index in [9.17, 15) is 18.0 Å². The maximum Gasteiger partial charge on any atom is 0.243 e. The summed E-state index contributed by atoms with van der Waals surface area (Å²) in [7, 11) is -3.64. The van der Waals surface area contributed by atoms with E-state index in [1.807, 2.05) is 6.92 Å². The molecule has 30 heavy (non-hydrogen) atoms. The first kappa shape index (κ1) is 22.0. The van der Waals surface area contributed by atoms with Crippen molar-refractivity contribution in [1.82, 2.24) is 4.31 Å². The minimum absolute atomic E-state index is 0.0368. The van der Waals surface area contributed by atoms with E-state index in [0.717, 1.165) is 5.75 Å². The highest BCUT2D eigenvalue weighted by molar-refractivity contribution is 7.89. The van der Waals surface area contributed by atoms with Gasteiger partial charge in [-0.25, -0.2) is 8.42 Å². The van der Waals surface area contributed by atoms with Crippen LogP contribution in [0.15, 0.2) is 53.4 Å². The quantitative estimate of drug-likeness (QED) is 0.680. The number of ketones is 1. The molecule has 1 saturated heterocycles. The van der Waals surface area contributed by atoms with Crippen LogP contribution >= 0.6 is 0 Å². The topological polar surface area (TPSA) is 92.8 Å². The zero-order valence-corrected chi connectivity index (χ0v) is 17.9. The summed E-state index contributed by atoms with van der Waals surface area (Å²) in [5.74, 6) is 0.343. The molecule has 1 aliphatic rings. The van der Waals surface area contributed by atoms with Crippen LogP contribution in [0.2, 0.25) is 0 Å². The predicted octanol–water partition coefficient (Wildman–Crippen LogP) is 3.33. The second-order valence-electron chi connectivity index (χ2n) is 7.21. The van der Waals surface area contributed by atoms with Crippen molar-refractivity contribution in [3.63, 3.8) is 0 Å².